The number of aliphatic hydroxyl groups excluding tert-OH is 1. The summed E-state index contributed by atoms with van der Waals surface area (Å²) in [5.74, 6) is 1.46. The number of hydrogen-bond donors (Lipinski definition) is 1. The molecule has 0 aliphatic rings. The third kappa shape index (κ3) is 6.95. The van der Waals surface area contributed by atoms with Gasteiger partial charge in [0.2, 0.25) is 0 Å². The Morgan fingerprint density at radius 1 is 0.850 bits per heavy atom. The second-order valence-electron chi connectivity index (χ2n) is 5.04. The fourth-order valence-electron chi connectivity index (χ4n) is 1.57. The Bertz CT molecular complexity index is 449. The second kappa shape index (κ2) is 9.16. The van der Waals surface area contributed by atoms with Crippen molar-refractivity contribution in [3.8, 4) is 5.75 Å². The maximum Gasteiger partial charge on any atom is 0.119 e. The van der Waals surface area contributed by atoms with Crippen LogP contribution in [0.2, 0.25) is 0 Å². The molecule has 20 heavy (non-hydrogen) atoms. The van der Waals surface area contributed by atoms with Crippen molar-refractivity contribution in [3.63, 3.8) is 0 Å². The number of hydrogen-bond acceptors (Lipinski definition) is 2. The van der Waals surface area contributed by atoms with E-state index in [0.29, 0.717) is 12.5 Å². The molecule has 1 atom stereocenters. The molecule has 0 amide bonds. The van der Waals surface area contributed by atoms with Crippen molar-refractivity contribution in [1.82, 2.24) is 0 Å². The van der Waals surface area contributed by atoms with Gasteiger partial charge in [-0.05, 0) is 30.5 Å². The molecule has 1 N–H and O–H groups in total. The normalized spacial score (nSPS) is 11.4. The van der Waals surface area contributed by atoms with E-state index in [4.69, 9.17) is 9.84 Å². The summed E-state index contributed by atoms with van der Waals surface area (Å²) in [6, 6.07) is 20.0. The summed E-state index contributed by atoms with van der Waals surface area (Å²) in [5.41, 5.74) is 1.41. The van der Waals surface area contributed by atoms with E-state index < -0.39 is 6.10 Å². The zero-order chi connectivity index (χ0) is 14.8. The van der Waals surface area contributed by atoms with Crippen LogP contribution in [-0.4, -0.2) is 17.8 Å². The molecule has 0 aliphatic heterocycles. The largest absolute Gasteiger partial charge is 0.491 e. The second-order valence-corrected chi connectivity index (χ2v) is 5.04. The van der Waals surface area contributed by atoms with Crippen LogP contribution in [0.1, 0.15) is 32.3 Å². The van der Waals surface area contributed by atoms with Crippen LogP contribution in [-0.2, 0) is 0 Å². The lowest BCUT2D eigenvalue weighted by atomic mass is 10.0. The maximum atomic E-state index is 8.89. The minimum absolute atomic E-state index is 0.351. The van der Waals surface area contributed by atoms with Gasteiger partial charge in [-0.3, -0.25) is 0 Å². The van der Waals surface area contributed by atoms with Gasteiger partial charge in [-0.25, -0.2) is 0 Å². The van der Waals surface area contributed by atoms with Gasteiger partial charge >= 0.3 is 0 Å². The SMILES string of the molecule is CC(C)c1ccccc1.CC(O)COc1ccccc1. The van der Waals surface area contributed by atoms with Crippen LogP contribution in [0.15, 0.2) is 60.7 Å². The van der Waals surface area contributed by atoms with Crippen molar-refractivity contribution >= 4 is 0 Å². The summed E-state index contributed by atoms with van der Waals surface area (Å²) in [6.45, 7) is 6.46. The number of para-hydroxylation sites is 1. The van der Waals surface area contributed by atoms with E-state index in [0.717, 1.165) is 5.75 Å². The smallest absolute Gasteiger partial charge is 0.119 e. The fourth-order valence-corrected chi connectivity index (χ4v) is 1.57. The van der Waals surface area contributed by atoms with Gasteiger partial charge in [0.05, 0.1) is 6.10 Å². The predicted molar refractivity (Wildman–Crippen MR) is 84.1 cm³/mol. The molecule has 0 spiro atoms. The first-order valence-corrected chi connectivity index (χ1v) is 7.00. The van der Waals surface area contributed by atoms with Gasteiger partial charge in [0.1, 0.15) is 12.4 Å². The Hall–Kier alpha value is -1.80. The summed E-state index contributed by atoms with van der Waals surface area (Å²) < 4.78 is 5.22. The van der Waals surface area contributed by atoms with Gasteiger partial charge in [-0.2, -0.15) is 0 Å². The highest BCUT2D eigenvalue weighted by Gasteiger charge is 1.95. The van der Waals surface area contributed by atoms with Crippen molar-refractivity contribution in [2.75, 3.05) is 6.61 Å². The Morgan fingerprint density at radius 2 is 1.35 bits per heavy atom. The molecule has 2 aromatic carbocycles. The summed E-state index contributed by atoms with van der Waals surface area (Å²) in [5, 5.41) is 8.89. The van der Waals surface area contributed by atoms with Crippen molar-refractivity contribution < 1.29 is 9.84 Å². The van der Waals surface area contributed by atoms with E-state index in [1.54, 1.807) is 6.92 Å². The molecule has 2 nitrogen and oxygen atoms in total. The summed E-state index contributed by atoms with van der Waals surface area (Å²) >= 11 is 0. The zero-order valence-corrected chi connectivity index (χ0v) is 12.5. The zero-order valence-electron chi connectivity index (χ0n) is 12.5. The third-order valence-corrected chi connectivity index (χ3v) is 2.70. The molecule has 0 aromatic heterocycles. The molecule has 0 aliphatic carbocycles. The van der Waals surface area contributed by atoms with Gasteiger partial charge in [0.25, 0.3) is 0 Å². The van der Waals surface area contributed by atoms with Crippen LogP contribution >= 0.6 is 0 Å². The molecular weight excluding hydrogens is 248 g/mol. The first kappa shape index (κ1) is 16.3. The van der Waals surface area contributed by atoms with E-state index in [1.807, 2.05) is 36.4 Å². The molecule has 108 valence electrons. The Morgan fingerprint density at radius 3 is 1.75 bits per heavy atom. The number of ether oxygens (including phenoxy) is 1. The molecule has 0 radical (unpaired) electrons. The first-order valence-electron chi connectivity index (χ1n) is 7.00. The minimum atomic E-state index is -0.407. The molecule has 0 bridgehead atoms. The Labute approximate surface area is 122 Å². The molecule has 0 heterocycles. The van der Waals surface area contributed by atoms with Gasteiger partial charge < -0.3 is 9.84 Å². The highest BCUT2D eigenvalue weighted by molar-refractivity contribution is 5.20. The number of rotatable bonds is 4. The van der Waals surface area contributed by atoms with Crippen molar-refractivity contribution in [1.29, 1.82) is 0 Å². The van der Waals surface area contributed by atoms with Gasteiger partial charge in [0, 0.05) is 0 Å². The lowest BCUT2D eigenvalue weighted by Gasteiger charge is -2.06. The quantitative estimate of drug-likeness (QED) is 0.901. The molecule has 2 aromatic rings. The number of aliphatic hydroxyl groups is 1. The lowest BCUT2D eigenvalue weighted by Crippen LogP contribution is -2.12. The van der Waals surface area contributed by atoms with Gasteiger partial charge in [-0.15, -0.1) is 0 Å². The average Bonchev–Trinajstić information content (AvgIpc) is 2.48. The van der Waals surface area contributed by atoms with Crippen LogP contribution < -0.4 is 4.74 Å². The standard InChI is InChI=1S/C9H12O2.C9H12/c1-8(10)7-11-9-5-3-2-4-6-9;1-8(2)9-6-4-3-5-7-9/h2-6,8,10H,7H2,1H3;3-8H,1-2H3. The number of benzene rings is 2. The van der Waals surface area contributed by atoms with E-state index in [1.165, 1.54) is 5.56 Å². The topological polar surface area (TPSA) is 29.5 Å². The molecule has 2 heteroatoms. The van der Waals surface area contributed by atoms with E-state index in [-0.39, 0.29) is 0 Å². The molecule has 0 saturated heterocycles. The van der Waals surface area contributed by atoms with Crippen LogP contribution in [0, 0.1) is 0 Å². The average molecular weight is 272 g/mol. The lowest BCUT2D eigenvalue weighted by molar-refractivity contribution is 0.123. The highest BCUT2D eigenvalue weighted by atomic mass is 16.5. The molecule has 2 rings (SSSR count). The summed E-state index contributed by atoms with van der Waals surface area (Å²) in [7, 11) is 0. The van der Waals surface area contributed by atoms with Crippen LogP contribution in [0.4, 0.5) is 0 Å². The van der Waals surface area contributed by atoms with E-state index >= 15 is 0 Å². The van der Waals surface area contributed by atoms with Crippen molar-refractivity contribution in [2.24, 2.45) is 0 Å². The van der Waals surface area contributed by atoms with E-state index in [2.05, 4.69) is 38.1 Å². The molecular formula is C18H24O2. The van der Waals surface area contributed by atoms with Gasteiger partial charge in [0.15, 0.2) is 0 Å². The van der Waals surface area contributed by atoms with Crippen LogP contribution in [0.3, 0.4) is 0 Å². The minimum Gasteiger partial charge on any atom is -0.491 e. The molecule has 1 unspecified atom stereocenters. The fraction of sp³-hybridized carbons (Fsp3) is 0.333. The first-order chi connectivity index (χ1) is 9.59. The third-order valence-electron chi connectivity index (χ3n) is 2.70. The van der Waals surface area contributed by atoms with E-state index in [9.17, 15) is 0 Å². The van der Waals surface area contributed by atoms with Crippen LogP contribution in [0.5, 0.6) is 5.75 Å². The summed E-state index contributed by atoms with van der Waals surface area (Å²) in [6.07, 6.45) is -0.407. The molecule has 0 saturated carbocycles. The van der Waals surface area contributed by atoms with Crippen LogP contribution in [0.25, 0.3) is 0 Å². The predicted octanol–water partition coefficient (Wildman–Crippen LogP) is 4.26. The Balaban J connectivity index is 0.000000204. The molecule has 0 fully saturated rings. The monoisotopic (exact) mass is 272 g/mol. The summed E-state index contributed by atoms with van der Waals surface area (Å²) in [4.78, 5) is 0. The Kier molecular flexibility index (Phi) is 7.44. The van der Waals surface area contributed by atoms with Gasteiger partial charge in [-0.1, -0.05) is 62.4 Å². The highest BCUT2D eigenvalue weighted by Crippen LogP contribution is 2.11. The van der Waals surface area contributed by atoms with Crippen molar-refractivity contribution in [2.45, 2.75) is 32.8 Å². The van der Waals surface area contributed by atoms with Crippen molar-refractivity contribution in [3.05, 3.63) is 66.2 Å². The maximum absolute atomic E-state index is 8.89.